The van der Waals surface area contributed by atoms with Gasteiger partial charge in [0, 0.05) is 22.9 Å². The van der Waals surface area contributed by atoms with Gasteiger partial charge >= 0.3 is 0 Å². The van der Waals surface area contributed by atoms with E-state index in [1.165, 1.54) is 0 Å². The first kappa shape index (κ1) is 33.2. The first-order chi connectivity index (χ1) is 20.6. The van der Waals surface area contributed by atoms with E-state index in [4.69, 9.17) is 37.8 Å². The van der Waals surface area contributed by atoms with E-state index < -0.39 is 6.04 Å². The third-order valence-corrected chi connectivity index (χ3v) is 8.97. The summed E-state index contributed by atoms with van der Waals surface area (Å²) in [6, 6.07) is 13.1. The first-order valence-electron chi connectivity index (χ1n) is 15.8. The maximum Gasteiger partial charge on any atom is 0.223 e. The molecule has 1 aromatic heterocycles. The van der Waals surface area contributed by atoms with E-state index in [2.05, 4.69) is 52.1 Å². The number of nitrogens with zero attached hydrogens (tertiary/aromatic N) is 2. The lowest BCUT2D eigenvalue weighted by Crippen LogP contribution is -2.39. The van der Waals surface area contributed by atoms with Crippen LogP contribution in [0.15, 0.2) is 48.7 Å². The van der Waals surface area contributed by atoms with Gasteiger partial charge < -0.3 is 14.9 Å². The van der Waals surface area contributed by atoms with Crippen LogP contribution < -0.4 is 14.9 Å². The summed E-state index contributed by atoms with van der Waals surface area (Å²) in [5.41, 5.74) is 2.75. The normalized spacial score (nSPS) is 17.8. The summed E-state index contributed by atoms with van der Waals surface area (Å²) in [5.74, 6) is 2.18. The number of carbonyl (C=O) groups excluding carboxylic acids is 1. The van der Waals surface area contributed by atoms with Gasteiger partial charge in [0.2, 0.25) is 5.91 Å². The van der Waals surface area contributed by atoms with Crippen molar-refractivity contribution in [2.75, 3.05) is 13.2 Å². The molecular weight excluding hydrogens is 581 g/mol. The molecule has 1 aliphatic carbocycles. The molecule has 3 aromatic rings. The van der Waals surface area contributed by atoms with Crippen LogP contribution in [0.3, 0.4) is 0 Å². The molecule has 0 radical (unpaired) electrons. The lowest BCUT2D eigenvalue weighted by Gasteiger charge is -2.36. The van der Waals surface area contributed by atoms with E-state index in [1.54, 1.807) is 16.9 Å². The summed E-state index contributed by atoms with van der Waals surface area (Å²) in [6.07, 6.45) is 9.28. The maximum atomic E-state index is 13.8. The maximum absolute atomic E-state index is 13.8. The largest absolute Gasteiger partial charge is 0.494 e. The molecule has 0 unspecified atom stereocenters. The number of carbonyl (C=O) groups is 1. The summed E-state index contributed by atoms with van der Waals surface area (Å²) in [4.78, 5) is 24.9. The highest BCUT2D eigenvalue weighted by atomic mass is 35.5. The molecule has 0 aliphatic heterocycles. The zero-order valence-electron chi connectivity index (χ0n) is 26.3. The van der Waals surface area contributed by atoms with Crippen molar-refractivity contribution in [2.24, 2.45) is 17.3 Å². The van der Waals surface area contributed by atoms with Crippen molar-refractivity contribution < 1.29 is 14.4 Å². The fourth-order valence-electron chi connectivity index (χ4n) is 5.74. The topological polar surface area (TPSA) is 65.4 Å². The second kappa shape index (κ2) is 15.3. The molecule has 1 aliphatic rings. The van der Waals surface area contributed by atoms with Gasteiger partial charge in [-0.2, -0.15) is 4.73 Å². The Balaban J connectivity index is 1.63. The summed E-state index contributed by atoms with van der Waals surface area (Å²) in [5, 5.41) is 4.45. The van der Waals surface area contributed by atoms with E-state index in [-0.39, 0.29) is 17.2 Å². The number of imidazole rings is 1. The summed E-state index contributed by atoms with van der Waals surface area (Å²) in [7, 11) is 0. The quantitative estimate of drug-likeness (QED) is 0.192. The molecule has 8 heteroatoms. The van der Waals surface area contributed by atoms with E-state index in [0.717, 1.165) is 61.8 Å². The number of aromatic nitrogens is 2. The van der Waals surface area contributed by atoms with Crippen LogP contribution in [0.1, 0.15) is 97.0 Å². The molecule has 43 heavy (non-hydrogen) atoms. The predicted molar refractivity (Wildman–Crippen MR) is 176 cm³/mol. The van der Waals surface area contributed by atoms with Crippen molar-refractivity contribution in [2.45, 2.75) is 92.0 Å². The van der Waals surface area contributed by atoms with Gasteiger partial charge in [-0.25, -0.2) is 4.98 Å². The third-order valence-electron chi connectivity index (χ3n) is 8.42. The molecule has 1 saturated carbocycles. The predicted octanol–water partition coefficient (Wildman–Crippen LogP) is 9.13. The molecule has 1 N–H and O–H groups in total. The van der Waals surface area contributed by atoms with E-state index >= 15 is 0 Å². The van der Waals surface area contributed by atoms with Gasteiger partial charge in [-0.1, -0.05) is 76.4 Å². The van der Waals surface area contributed by atoms with Crippen LogP contribution in [0.25, 0.3) is 11.3 Å². The number of benzene rings is 2. The monoisotopic (exact) mass is 627 g/mol. The molecule has 6 nitrogen and oxygen atoms in total. The summed E-state index contributed by atoms with van der Waals surface area (Å²) < 4.78 is 7.58. The number of halogens is 2. The summed E-state index contributed by atoms with van der Waals surface area (Å²) >= 11 is 12.7. The van der Waals surface area contributed by atoms with Crippen molar-refractivity contribution in [1.82, 2.24) is 15.0 Å². The number of unbranched alkanes of at least 4 members (excludes halogenated alkanes) is 1. The fraction of sp³-hybridized carbons (Fsp3) is 0.543. The molecular formula is C35H47Cl2N3O3. The second-order valence-corrected chi connectivity index (χ2v) is 13.6. The van der Waals surface area contributed by atoms with Gasteiger partial charge in [-0.15, -0.1) is 0 Å². The minimum Gasteiger partial charge on any atom is -0.494 e. The van der Waals surface area contributed by atoms with Crippen LogP contribution in [0.5, 0.6) is 5.75 Å². The zero-order chi connectivity index (χ0) is 31.0. The van der Waals surface area contributed by atoms with Crippen LogP contribution >= 0.6 is 23.2 Å². The highest BCUT2D eigenvalue weighted by molar-refractivity contribution is 6.36. The van der Waals surface area contributed by atoms with E-state index in [1.807, 2.05) is 24.4 Å². The van der Waals surface area contributed by atoms with Crippen LogP contribution in [0.4, 0.5) is 0 Å². The zero-order valence-corrected chi connectivity index (χ0v) is 27.8. The number of ether oxygens (including phenoxy) is 1. The van der Waals surface area contributed by atoms with Gasteiger partial charge in [0.05, 0.1) is 29.6 Å². The molecule has 2 aromatic carbocycles. The third kappa shape index (κ3) is 9.15. The van der Waals surface area contributed by atoms with Crippen molar-refractivity contribution in [1.29, 1.82) is 0 Å². The van der Waals surface area contributed by atoms with Crippen LogP contribution in [-0.4, -0.2) is 28.8 Å². The Morgan fingerprint density at radius 1 is 1.02 bits per heavy atom. The van der Waals surface area contributed by atoms with Crippen molar-refractivity contribution in [3.8, 4) is 17.0 Å². The Hall–Kier alpha value is -2.70. The minimum absolute atomic E-state index is 0.0133. The number of rotatable bonds is 13. The number of hydrogen-bond acceptors (Lipinski definition) is 4. The Kier molecular flexibility index (Phi) is 11.8. The highest BCUT2D eigenvalue weighted by Crippen LogP contribution is 2.40. The summed E-state index contributed by atoms with van der Waals surface area (Å²) in [6.45, 7) is 12.3. The van der Waals surface area contributed by atoms with Crippen molar-refractivity contribution >= 4 is 29.1 Å². The van der Waals surface area contributed by atoms with Crippen LogP contribution in [0, 0.1) is 17.3 Å². The number of hydrogen-bond donors (Lipinski definition) is 1. The van der Waals surface area contributed by atoms with E-state index in [0.29, 0.717) is 47.1 Å². The molecule has 234 valence electrons. The molecule has 0 saturated heterocycles. The minimum atomic E-state index is -0.406. The Morgan fingerprint density at radius 3 is 2.37 bits per heavy atom. The average molecular weight is 629 g/mol. The van der Waals surface area contributed by atoms with Crippen LogP contribution in [-0.2, 0) is 11.2 Å². The van der Waals surface area contributed by atoms with Crippen molar-refractivity contribution in [3.05, 3.63) is 70.1 Å². The SMILES string of the molecule is CCCCOc1ccc(C[C@H](NC(=O)C2CCC(C(C)(C)C)CC2)c2nc(-c3ccc(Cl)cc3Cl)cn2OCCC)cc1. The Morgan fingerprint density at radius 2 is 1.74 bits per heavy atom. The molecule has 0 bridgehead atoms. The number of amides is 1. The van der Waals surface area contributed by atoms with E-state index in [9.17, 15) is 4.79 Å². The fourth-order valence-corrected chi connectivity index (χ4v) is 6.25. The molecule has 0 spiro atoms. The van der Waals surface area contributed by atoms with Gasteiger partial charge in [0.15, 0.2) is 5.82 Å². The van der Waals surface area contributed by atoms with Gasteiger partial charge in [0.1, 0.15) is 12.4 Å². The molecule has 1 atom stereocenters. The Labute approximate surface area is 267 Å². The van der Waals surface area contributed by atoms with Crippen LogP contribution in [0.2, 0.25) is 10.0 Å². The second-order valence-electron chi connectivity index (χ2n) is 12.8. The van der Waals surface area contributed by atoms with Gasteiger partial charge in [-0.05, 0) is 85.8 Å². The molecule has 1 amide bonds. The van der Waals surface area contributed by atoms with Crippen molar-refractivity contribution in [3.63, 3.8) is 0 Å². The highest BCUT2D eigenvalue weighted by Gasteiger charge is 2.34. The standard InChI is InChI=1S/C35H47Cl2N3O3/c1-6-8-20-42-28-16-9-24(10-17-28)21-31(39-34(41)25-11-13-26(14-12-25)35(3,4)5)33-38-32(23-40(33)43-19-7-2)29-18-15-27(36)22-30(29)37/h9-10,15-18,22-23,25-26,31H,6-8,11-14,19-21H2,1-5H3,(H,39,41)/t25?,26?,31-/m0/s1. The molecule has 1 heterocycles. The molecule has 1 fully saturated rings. The average Bonchev–Trinajstić information content (AvgIpc) is 3.40. The Bertz CT molecular complexity index is 1330. The smallest absolute Gasteiger partial charge is 0.223 e. The molecule has 4 rings (SSSR count). The lowest BCUT2D eigenvalue weighted by molar-refractivity contribution is -0.127. The first-order valence-corrected chi connectivity index (χ1v) is 16.5. The van der Waals surface area contributed by atoms with Gasteiger partial charge in [-0.3, -0.25) is 4.79 Å². The van der Waals surface area contributed by atoms with Gasteiger partial charge in [0.25, 0.3) is 0 Å². The number of nitrogens with one attached hydrogen (secondary N) is 1. The lowest BCUT2D eigenvalue weighted by atomic mass is 9.69.